The number of rotatable bonds is 5. The maximum absolute atomic E-state index is 10.9. The zero-order valence-corrected chi connectivity index (χ0v) is 8.70. The highest BCUT2D eigenvalue weighted by atomic mass is 127. The van der Waals surface area contributed by atoms with Crippen molar-refractivity contribution in [3.63, 3.8) is 0 Å². The SMILES string of the molecule is O=C([C@H](O)C(O)I)[C@H](O)[C@@H](O)CO. The number of alkyl halides is 1. The molecule has 0 bridgehead atoms. The van der Waals surface area contributed by atoms with Gasteiger partial charge in [0.25, 0.3) is 0 Å². The number of hydrogen-bond acceptors (Lipinski definition) is 6. The van der Waals surface area contributed by atoms with Crippen LogP contribution in [-0.4, -0.2) is 60.3 Å². The molecule has 78 valence electrons. The van der Waals surface area contributed by atoms with E-state index in [2.05, 4.69) is 0 Å². The van der Waals surface area contributed by atoms with Crippen LogP contribution in [0.2, 0.25) is 0 Å². The molecule has 0 aromatic carbocycles. The molecule has 0 aliphatic heterocycles. The van der Waals surface area contributed by atoms with E-state index in [1.165, 1.54) is 22.6 Å². The van der Waals surface area contributed by atoms with E-state index >= 15 is 0 Å². The van der Waals surface area contributed by atoms with Crippen LogP contribution < -0.4 is 0 Å². The summed E-state index contributed by atoms with van der Waals surface area (Å²) < 4.78 is -1.36. The molecule has 7 heteroatoms. The van der Waals surface area contributed by atoms with Crippen LogP contribution in [0.1, 0.15) is 0 Å². The van der Waals surface area contributed by atoms with Gasteiger partial charge in [0.05, 0.1) is 6.61 Å². The number of aliphatic hydroxyl groups excluding tert-OH is 5. The third-order valence-corrected chi connectivity index (χ3v) is 2.08. The molecule has 0 radical (unpaired) electrons. The number of carbonyl (C=O) groups is 1. The quantitative estimate of drug-likeness (QED) is 0.280. The Morgan fingerprint density at radius 3 is 1.92 bits per heavy atom. The highest BCUT2D eigenvalue weighted by Gasteiger charge is 2.32. The Labute approximate surface area is 88.0 Å². The van der Waals surface area contributed by atoms with Crippen molar-refractivity contribution in [1.29, 1.82) is 0 Å². The number of halogens is 1. The first-order valence-corrected chi connectivity index (χ1v) is 4.67. The molecule has 5 N–H and O–H groups in total. The Morgan fingerprint density at radius 2 is 1.62 bits per heavy atom. The Bertz CT molecular complexity index is 173. The fourth-order valence-electron chi connectivity index (χ4n) is 0.600. The Hall–Kier alpha value is 0.200. The fourth-order valence-corrected chi connectivity index (χ4v) is 0.954. The molecule has 0 spiro atoms. The van der Waals surface area contributed by atoms with Gasteiger partial charge < -0.3 is 25.5 Å². The van der Waals surface area contributed by atoms with Crippen molar-refractivity contribution >= 4 is 28.4 Å². The summed E-state index contributed by atoms with van der Waals surface area (Å²) in [5.41, 5.74) is 0. The van der Waals surface area contributed by atoms with E-state index in [0.717, 1.165) is 0 Å². The minimum Gasteiger partial charge on any atom is -0.394 e. The molecule has 1 unspecified atom stereocenters. The summed E-state index contributed by atoms with van der Waals surface area (Å²) in [5, 5.41) is 43.9. The summed E-state index contributed by atoms with van der Waals surface area (Å²) in [6.45, 7) is -0.795. The van der Waals surface area contributed by atoms with Crippen LogP contribution in [0.15, 0.2) is 0 Å². The third-order valence-electron chi connectivity index (χ3n) is 1.40. The van der Waals surface area contributed by atoms with Gasteiger partial charge in [-0.2, -0.15) is 0 Å². The van der Waals surface area contributed by atoms with Gasteiger partial charge in [0.1, 0.15) is 22.4 Å². The summed E-state index contributed by atoms with van der Waals surface area (Å²) in [6.07, 6.45) is -5.29. The first-order valence-electron chi connectivity index (χ1n) is 3.42. The average molecular weight is 306 g/mol. The van der Waals surface area contributed by atoms with Crippen molar-refractivity contribution in [3.8, 4) is 0 Å². The fraction of sp³-hybridized carbons (Fsp3) is 0.833. The Kier molecular flexibility index (Phi) is 5.92. The van der Waals surface area contributed by atoms with E-state index in [0.29, 0.717) is 0 Å². The molecular formula is C6H11IO6. The van der Waals surface area contributed by atoms with Gasteiger partial charge in [-0.15, -0.1) is 0 Å². The largest absolute Gasteiger partial charge is 0.394 e. The minimum absolute atomic E-state index is 0.795. The molecule has 0 fully saturated rings. The highest BCUT2D eigenvalue weighted by molar-refractivity contribution is 14.1. The average Bonchev–Trinajstić information content (AvgIpc) is 2.12. The number of aliphatic hydroxyl groups is 5. The van der Waals surface area contributed by atoms with E-state index in [1.807, 2.05) is 0 Å². The van der Waals surface area contributed by atoms with Gasteiger partial charge in [-0.1, -0.05) is 0 Å². The number of ketones is 1. The van der Waals surface area contributed by atoms with E-state index in [9.17, 15) is 4.79 Å². The van der Waals surface area contributed by atoms with Gasteiger partial charge >= 0.3 is 0 Å². The second-order valence-corrected chi connectivity index (χ2v) is 3.69. The monoisotopic (exact) mass is 306 g/mol. The Morgan fingerprint density at radius 1 is 1.15 bits per heavy atom. The maximum Gasteiger partial charge on any atom is 0.195 e. The lowest BCUT2D eigenvalue weighted by Gasteiger charge is -2.18. The number of carbonyl (C=O) groups excluding carboxylic acids is 1. The zero-order valence-electron chi connectivity index (χ0n) is 6.54. The van der Waals surface area contributed by atoms with Crippen LogP contribution in [0, 0.1) is 0 Å². The Balaban J connectivity index is 4.25. The predicted octanol–water partition coefficient (Wildman–Crippen LogP) is -2.62. The van der Waals surface area contributed by atoms with Crippen LogP contribution in [0.3, 0.4) is 0 Å². The van der Waals surface area contributed by atoms with Crippen molar-refractivity contribution < 1.29 is 30.3 Å². The smallest absolute Gasteiger partial charge is 0.195 e. The van der Waals surface area contributed by atoms with Crippen LogP contribution in [-0.2, 0) is 4.79 Å². The standard InChI is InChI=1S/C6H11IO6/c7-6(13)5(12)4(11)3(10)2(9)1-8/h2-3,5-6,8-10,12-13H,1H2/t2-,3+,5-,6?/m0/s1. The van der Waals surface area contributed by atoms with Gasteiger partial charge in [-0.3, -0.25) is 4.79 Å². The van der Waals surface area contributed by atoms with Gasteiger partial charge in [-0.05, 0) is 22.6 Å². The molecule has 0 rings (SSSR count). The maximum atomic E-state index is 10.9. The molecule has 0 heterocycles. The normalized spacial score (nSPS) is 20.5. The molecular weight excluding hydrogens is 295 g/mol. The third kappa shape index (κ3) is 3.83. The van der Waals surface area contributed by atoms with Crippen molar-refractivity contribution in [1.82, 2.24) is 0 Å². The summed E-state index contributed by atoms with van der Waals surface area (Å²) >= 11 is 1.38. The number of Topliss-reactive ketones (excluding diaryl/α,β-unsaturated/α-hetero) is 1. The molecule has 6 nitrogen and oxygen atoms in total. The topological polar surface area (TPSA) is 118 Å². The zero-order chi connectivity index (χ0) is 10.6. The van der Waals surface area contributed by atoms with Crippen molar-refractivity contribution in [2.45, 2.75) is 22.4 Å². The minimum atomic E-state index is -1.88. The van der Waals surface area contributed by atoms with E-state index < -0.39 is 34.8 Å². The number of hydrogen-bond donors (Lipinski definition) is 5. The van der Waals surface area contributed by atoms with Crippen molar-refractivity contribution in [2.75, 3.05) is 6.61 Å². The van der Waals surface area contributed by atoms with Crippen LogP contribution >= 0.6 is 22.6 Å². The molecule has 4 atom stereocenters. The van der Waals surface area contributed by atoms with Crippen LogP contribution in [0.4, 0.5) is 0 Å². The van der Waals surface area contributed by atoms with Crippen LogP contribution in [0.25, 0.3) is 0 Å². The second kappa shape index (κ2) is 5.83. The first-order chi connectivity index (χ1) is 5.91. The first kappa shape index (κ1) is 13.2. The molecule has 0 aliphatic rings. The lowest BCUT2D eigenvalue weighted by atomic mass is 10.1. The van der Waals surface area contributed by atoms with Gasteiger partial charge in [0, 0.05) is 0 Å². The predicted molar refractivity (Wildman–Crippen MR) is 50.1 cm³/mol. The molecule has 0 amide bonds. The lowest BCUT2D eigenvalue weighted by molar-refractivity contribution is -0.145. The van der Waals surface area contributed by atoms with Gasteiger partial charge in [0.2, 0.25) is 0 Å². The molecule has 13 heavy (non-hydrogen) atoms. The highest BCUT2D eigenvalue weighted by Crippen LogP contribution is 2.07. The summed E-state index contributed by atoms with van der Waals surface area (Å²) in [5.74, 6) is -1.12. The van der Waals surface area contributed by atoms with Crippen LogP contribution in [0.5, 0.6) is 0 Å². The van der Waals surface area contributed by atoms with Gasteiger partial charge in [-0.25, -0.2) is 0 Å². The van der Waals surface area contributed by atoms with Crippen molar-refractivity contribution in [3.05, 3.63) is 0 Å². The molecule has 0 saturated heterocycles. The summed E-state index contributed by atoms with van der Waals surface area (Å²) in [4.78, 5) is 10.9. The lowest BCUT2D eigenvalue weighted by Crippen LogP contribution is -2.45. The molecule has 0 aromatic rings. The molecule has 0 saturated carbocycles. The summed E-state index contributed by atoms with van der Waals surface area (Å²) in [7, 11) is 0. The van der Waals surface area contributed by atoms with E-state index in [4.69, 9.17) is 25.5 Å². The van der Waals surface area contributed by atoms with Crippen molar-refractivity contribution in [2.24, 2.45) is 0 Å². The van der Waals surface area contributed by atoms with Gasteiger partial charge in [0.15, 0.2) is 5.78 Å². The summed E-state index contributed by atoms with van der Waals surface area (Å²) in [6, 6.07) is 0. The second-order valence-electron chi connectivity index (χ2n) is 2.41. The molecule has 0 aliphatic carbocycles. The van der Waals surface area contributed by atoms with E-state index in [-0.39, 0.29) is 0 Å². The molecule has 0 aromatic heterocycles. The van der Waals surface area contributed by atoms with E-state index in [1.54, 1.807) is 0 Å².